The quantitative estimate of drug-likeness (QED) is 0.444. The Bertz CT molecular complexity index is 1140. The van der Waals surface area contributed by atoms with Crippen molar-refractivity contribution in [3.8, 4) is 11.4 Å². The number of amides is 1. The molecule has 7 nitrogen and oxygen atoms in total. The minimum absolute atomic E-state index is 0.0855. The second kappa shape index (κ2) is 9.15. The topological polar surface area (TPSA) is 77.6 Å². The molecule has 4 rings (SSSR count). The van der Waals surface area contributed by atoms with Crippen LogP contribution in [0, 0.1) is 6.92 Å². The van der Waals surface area contributed by atoms with Crippen LogP contribution in [0.5, 0.6) is 0 Å². The molecule has 2 aromatic heterocycles. The normalized spacial score (nSPS) is 10.9. The van der Waals surface area contributed by atoms with Gasteiger partial charge in [-0.25, -0.2) is 4.68 Å². The predicted octanol–water partition coefficient (Wildman–Crippen LogP) is 3.82. The molecule has 30 heavy (non-hydrogen) atoms. The standard InChI is InChI=1S/C21H19ClN6OS/c1-15-2-6-18(7-3-15)27-14-24-26-21(27)30-13-20(29)23-10-16-11-25-28(12-16)19-8-4-17(22)5-9-19/h2-9,11-12,14H,10,13H2,1H3,(H,23,29). The maximum Gasteiger partial charge on any atom is 0.230 e. The van der Waals surface area contributed by atoms with Crippen LogP contribution in [-0.4, -0.2) is 36.2 Å². The van der Waals surface area contributed by atoms with Crippen LogP contribution in [0.15, 0.2) is 72.4 Å². The fourth-order valence-corrected chi connectivity index (χ4v) is 3.66. The molecule has 4 aromatic rings. The molecule has 0 atom stereocenters. The van der Waals surface area contributed by atoms with Gasteiger partial charge in [0.05, 0.1) is 17.6 Å². The Balaban J connectivity index is 1.31. The number of nitrogens with one attached hydrogen (secondary N) is 1. The van der Waals surface area contributed by atoms with Crippen molar-refractivity contribution >= 4 is 29.3 Å². The van der Waals surface area contributed by atoms with Crippen molar-refractivity contribution in [3.05, 3.63) is 83.4 Å². The molecule has 0 aliphatic rings. The Kier molecular flexibility index (Phi) is 6.15. The van der Waals surface area contributed by atoms with E-state index in [0.29, 0.717) is 16.7 Å². The number of thioether (sulfide) groups is 1. The molecule has 0 radical (unpaired) electrons. The number of carbonyl (C=O) groups is 1. The summed E-state index contributed by atoms with van der Waals surface area (Å²) in [6.45, 7) is 2.44. The first-order valence-electron chi connectivity index (χ1n) is 9.24. The SMILES string of the molecule is Cc1ccc(-n2cnnc2SCC(=O)NCc2cnn(-c3ccc(Cl)cc3)c2)cc1. The second-order valence-electron chi connectivity index (χ2n) is 6.65. The highest BCUT2D eigenvalue weighted by Crippen LogP contribution is 2.19. The summed E-state index contributed by atoms with van der Waals surface area (Å²) in [4.78, 5) is 12.3. The van der Waals surface area contributed by atoms with Gasteiger partial charge >= 0.3 is 0 Å². The molecule has 0 bridgehead atoms. The highest BCUT2D eigenvalue weighted by Gasteiger charge is 2.10. The van der Waals surface area contributed by atoms with Crippen molar-refractivity contribution in [3.63, 3.8) is 0 Å². The van der Waals surface area contributed by atoms with Gasteiger partial charge in [0.1, 0.15) is 6.33 Å². The molecule has 9 heteroatoms. The monoisotopic (exact) mass is 438 g/mol. The molecule has 0 saturated heterocycles. The average molecular weight is 439 g/mol. The van der Waals surface area contributed by atoms with E-state index in [1.54, 1.807) is 17.2 Å². The summed E-state index contributed by atoms with van der Waals surface area (Å²) in [6.07, 6.45) is 5.26. The van der Waals surface area contributed by atoms with E-state index in [9.17, 15) is 4.79 Å². The predicted molar refractivity (Wildman–Crippen MR) is 117 cm³/mol. The summed E-state index contributed by atoms with van der Waals surface area (Å²) in [5.41, 5.74) is 3.96. The lowest BCUT2D eigenvalue weighted by Crippen LogP contribution is -2.24. The van der Waals surface area contributed by atoms with Gasteiger partial charge in [-0.05, 0) is 43.3 Å². The Morgan fingerprint density at radius 1 is 1.10 bits per heavy atom. The maximum absolute atomic E-state index is 12.3. The molecule has 0 saturated carbocycles. The summed E-state index contributed by atoms with van der Waals surface area (Å²) < 4.78 is 3.62. The molecule has 1 amide bonds. The van der Waals surface area contributed by atoms with Gasteiger partial charge in [-0.15, -0.1) is 10.2 Å². The first kappa shape index (κ1) is 20.2. The van der Waals surface area contributed by atoms with Gasteiger partial charge < -0.3 is 5.32 Å². The van der Waals surface area contributed by atoms with Crippen LogP contribution in [0.3, 0.4) is 0 Å². The van der Waals surface area contributed by atoms with Crippen molar-refractivity contribution in [1.82, 2.24) is 29.9 Å². The lowest BCUT2D eigenvalue weighted by Gasteiger charge is -2.07. The number of hydrogen-bond acceptors (Lipinski definition) is 5. The van der Waals surface area contributed by atoms with Crippen LogP contribution in [-0.2, 0) is 11.3 Å². The number of halogens is 1. The van der Waals surface area contributed by atoms with Crippen LogP contribution in [0.1, 0.15) is 11.1 Å². The van der Waals surface area contributed by atoms with Gasteiger partial charge in [-0.1, -0.05) is 41.1 Å². The van der Waals surface area contributed by atoms with Crippen LogP contribution < -0.4 is 5.32 Å². The summed E-state index contributed by atoms with van der Waals surface area (Å²) in [6, 6.07) is 15.5. The minimum atomic E-state index is -0.0855. The van der Waals surface area contributed by atoms with E-state index in [-0.39, 0.29) is 11.7 Å². The third kappa shape index (κ3) is 4.90. The number of hydrogen-bond donors (Lipinski definition) is 1. The van der Waals surface area contributed by atoms with Crippen molar-refractivity contribution in [2.45, 2.75) is 18.6 Å². The third-order valence-corrected chi connectivity index (χ3v) is 5.57. The zero-order valence-corrected chi connectivity index (χ0v) is 17.8. The Labute approximate surface area is 183 Å². The van der Waals surface area contributed by atoms with Gasteiger partial charge in [0, 0.05) is 29.0 Å². The van der Waals surface area contributed by atoms with E-state index in [4.69, 9.17) is 11.6 Å². The van der Waals surface area contributed by atoms with Crippen molar-refractivity contribution in [1.29, 1.82) is 0 Å². The lowest BCUT2D eigenvalue weighted by atomic mass is 10.2. The first-order valence-corrected chi connectivity index (χ1v) is 10.6. The molecular weight excluding hydrogens is 420 g/mol. The summed E-state index contributed by atoms with van der Waals surface area (Å²) in [5.74, 6) is 0.160. The maximum atomic E-state index is 12.3. The molecule has 0 unspecified atom stereocenters. The van der Waals surface area contributed by atoms with Crippen molar-refractivity contribution < 1.29 is 4.79 Å². The fraction of sp³-hybridized carbons (Fsp3) is 0.143. The Hall–Kier alpha value is -3.10. The summed E-state index contributed by atoms with van der Waals surface area (Å²) in [5, 5.41) is 16.7. The van der Waals surface area contributed by atoms with Gasteiger partial charge in [-0.3, -0.25) is 9.36 Å². The summed E-state index contributed by atoms with van der Waals surface area (Å²) in [7, 11) is 0. The van der Waals surface area contributed by atoms with E-state index in [2.05, 4.69) is 20.6 Å². The van der Waals surface area contributed by atoms with Gasteiger partial charge in [0.25, 0.3) is 0 Å². The van der Waals surface area contributed by atoms with Gasteiger partial charge in [0.2, 0.25) is 5.91 Å². The van der Waals surface area contributed by atoms with Crippen molar-refractivity contribution in [2.75, 3.05) is 5.75 Å². The molecule has 2 heterocycles. The molecule has 0 aliphatic carbocycles. The Morgan fingerprint density at radius 2 is 1.83 bits per heavy atom. The third-order valence-electron chi connectivity index (χ3n) is 4.38. The fourth-order valence-electron chi connectivity index (χ4n) is 2.77. The average Bonchev–Trinajstić information content (AvgIpc) is 3.41. The number of aryl methyl sites for hydroxylation is 1. The van der Waals surface area contributed by atoms with E-state index in [0.717, 1.165) is 16.9 Å². The van der Waals surface area contributed by atoms with E-state index in [1.807, 2.05) is 66.2 Å². The number of carbonyl (C=O) groups excluding carboxylic acids is 1. The zero-order valence-electron chi connectivity index (χ0n) is 16.2. The molecule has 1 N–H and O–H groups in total. The summed E-state index contributed by atoms with van der Waals surface area (Å²) >= 11 is 7.26. The number of benzene rings is 2. The highest BCUT2D eigenvalue weighted by atomic mass is 35.5. The number of rotatable bonds is 7. The number of nitrogens with zero attached hydrogens (tertiary/aromatic N) is 5. The van der Waals surface area contributed by atoms with E-state index >= 15 is 0 Å². The molecule has 152 valence electrons. The molecule has 0 fully saturated rings. The molecule has 0 aliphatic heterocycles. The molecule has 2 aromatic carbocycles. The van der Waals surface area contributed by atoms with Crippen LogP contribution in [0.4, 0.5) is 0 Å². The largest absolute Gasteiger partial charge is 0.351 e. The first-order chi connectivity index (χ1) is 14.6. The molecule has 0 spiro atoms. The Morgan fingerprint density at radius 3 is 2.60 bits per heavy atom. The molecular formula is C21H19ClN6OS. The lowest BCUT2D eigenvalue weighted by molar-refractivity contribution is -0.118. The smallest absolute Gasteiger partial charge is 0.230 e. The van der Waals surface area contributed by atoms with Crippen LogP contribution in [0.25, 0.3) is 11.4 Å². The van der Waals surface area contributed by atoms with Crippen LogP contribution >= 0.6 is 23.4 Å². The highest BCUT2D eigenvalue weighted by molar-refractivity contribution is 7.99. The van der Waals surface area contributed by atoms with Crippen molar-refractivity contribution in [2.24, 2.45) is 0 Å². The second-order valence-corrected chi connectivity index (χ2v) is 8.03. The zero-order chi connectivity index (χ0) is 20.9. The van der Waals surface area contributed by atoms with E-state index < -0.39 is 0 Å². The van der Waals surface area contributed by atoms with Gasteiger partial charge in [0.15, 0.2) is 5.16 Å². The van der Waals surface area contributed by atoms with Crippen LogP contribution in [0.2, 0.25) is 5.02 Å². The van der Waals surface area contributed by atoms with Gasteiger partial charge in [-0.2, -0.15) is 5.10 Å². The number of aromatic nitrogens is 5. The van der Waals surface area contributed by atoms with E-state index in [1.165, 1.54) is 17.3 Å². The minimum Gasteiger partial charge on any atom is -0.351 e.